The molecule has 0 aromatic carbocycles. The van der Waals surface area contributed by atoms with Crippen LogP contribution in [0, 0.1) is 5.41 Å². The fraction of sp³-hybridized carbons (Fsp3) is 0.667. The Hall–Kier alpha value is -0.480. The Labute approximate surface area is 58.3 Å². The highest BCUT2D eigenvalue weighted by molar-refractivity contribution is 4.91. The van der Waals surface area contributed by atoms with Gasteiger partial charge in [0.25, 0.3) is 0 Å². The fourth-order valence-electron chi connectivity index (χ4n) is 0.993. The molecule has 0 N–H and O–H groups in total. The molecule has 0 saturated carbocycles. The highest BCUT2D eigenvalue weighted by Crippen LogP contribution is 2.22. The van der Waals surface area contributed by atoms with Crippen LogP contribution in [0.4, 0.5) is 0 Å². The lowest BCUT2D eigenvalue weighted by atomic mass is 9.88. The molecule has 0 heteroatoms. The lowest BCUT2D eigenvalue weighted by Gasteiger charge is -2.16. The highest BCUT2D eigenvalue weighted by Gasteiger charge is 2.10. The van der Waals surface area contributed by atoms with Crippen molar-refractivity contribution in [3.05, 3.63) is 18.4 Å². The summed E-state index contributed by atoms with van der Waals surface area (Å²) in [5.41, 5.74) is 3.12. The van der Waals surface area contributed by atoms with E-state index >= 15 is 0 Å². The first-order valence-electron chi connectivity index (χ1n) is 3.49. The average Bonchev–Trinajstić information content (AvgIpc) is 1.64. The van der Waals surface area contributed by atoms with Crippen molar-refractivity contribution in [2.45, 2.75) is 33.6 Å². The molecular formula is C9H16. The van der Waals surface area contributed by atoms with Crippen molar-refractivity contribution in [3.63, 3.8) is 0 Å². The Balaban J connectivity index is 3.85. The molecule has 0 nitrogen and oxygen atoms in total. The van der Waals surface area contributed by atoms with Gasteiger partial charge >= 0.3 is 0 Å². The van der Waals surface area contributed by atoms with Crippen molar-refractivity contribution in [2.24, 2.45) is 5.41 Å². The third-order valence-corrected chi connectivity index (χ3v) is 1.39. The maximum atomic E-state index is 3.55. The Morgan fingerprint density at radius 3 is 2.44 bits per heavy atom. The lowest BCUT2D eigenvalue weighted by molar-refractivity contribution is 0.432. The molecule has 0 bridgehead atoms. The van der Waals surface area contributed by atoms with Crippen LogP contribution >= 0.6 is 0 Å². The van der Waals surface area contributed by atoms with Gasteiger partial charge in [0, 0.05) is 0 Å². The molecular weight excluding hydrogens is 108 g/mol. The van der Waals surface area contributed by atoms with Gasteiger partial charge in [-0.2, -0.15) is 0 Å². The summed E-state index contributed by atoms with van der Waals surface area (Å²) in [6.45, 7) is 10.1. The Kier molecular flexibility index (Phi) is 3.34. The zero-order chi connectivity index (χ0) is 7.33. The molecule has 0 aliphatic heterocycles. The molecule has 0 fully saturated rings. The van der Waals surface area contributed by atoms with Gasteiger partial charge < -0.3 is 0 Å². The summed E-state index contributed by atoms with van der Waals surface area (Å²) in [4.78, 5) is 0. The van der Waals surface area contributed by atoms with Gasteiger partial charge in [-0.3, -0.25) is 0 Å². The van der Waals surface area contributed by atoms with Crippen LogP contribution in [-0.2, 0) is 0 Å². The van der Waals surface area contributed by atoms with Gasteiger partial charge in [0.15, 0.2) is 0 Å². The average molecular weight is 124 g/mol. The fourth-order valence-corrected chi connectivity index (χ4v) is 0.993. The number of hydrogen-bond donors (Lipinski definition) is 0. The van der Waals surface area contributed by atoms with Crippen molar-refractivity contribution >= 4 is 0 Å². The van der Waals surface area contributed by atoms with Crippen LogP contribution in [0.25, 0.3) is 0 Å². The van der Waals surface area contributed by atoms with Gasteiger partial charge in [-0.25, -0.2) is 0 Å². The molecule has 0 aromatic heterocycles. The minimum Gasteiger partial charge on any atom is -0.133 e. The SMILES string of the molecule is C=C=CC(C)(C)CCC. The summed E-state index contributed by atoms with van der Waals surface area (Å²) in [5, 5.41) is 0. The zero-order valence-electron chi connectivity index (χ0n) is 6.70. The van der Waals surface area contributed by atoms with Crippen LogP contribution in [0.5, 0.6) is 0 Å². The molecule has 0 aliphatic rings. The molecule has 0 atom stereocenters. The molecule has 52 valence electrons. The maximum Gasteiger partial charge on any atom is -0.00994 e. The topological polar surface area (TPSA) is 0 Å². The first-order valence-corrected chi connectivity index (χ1v) is 3.49. The van der Waals surface area contributed by atoms with E-state index in [1.54, 1.807) is 0 Å². The van der Waals surface area contributed by atoms with E-state index in [4.69, 9.17) is 0 Å². The van der Waals surface area contributed by atoms with E-state index in [1.807, 2.05) is 6.08 Å². The van der Waals surface area contributed by atoms with Crippen LogP contribution in [0.1, 0.15) is 33.6 Å². The summed E-state index contributed by atoms with van der Waals surface area (Å²) in [6.07, 6.45) is 4.48. The zero-order valence-corrected chi connectivity index (χ0v) is 6.70. The molecule has 0 radical (unpaired) electrons. The van der Waals surface area contributed by atoms with E-state index in [2.05, 4.69) is 33.1 Å². The quantitative estimate of drug-likeness (QED) is 0.507. The van der Waals surface area contributed by atoms with Gasteiger partial charge in [0.1, 0.15) is 0 Å². The molecule has 0 aromatic rings. The maximum absolute atomic E-state index is 3.55. The first kappa shape index (κ1) is 8.52. The number of allylic oxidation sites excluding steroid dienone is 1. The third-order valence-electron chi connectivity index (χ3n) is 1.39. The Morgan fingerprint density at radius 2 is 2.11 bits per heavy atom. The standard InChI is InChI=1S/C9H16/c1-5-7-9(3,4)8-6-2/h7H,1,6,8H2,2-4H3. The van der Waals surface area contributed by atoms with E-state index < -0.39 is 0 Å². The summed E-state index contributed by atoms with van der Waals surface area (Å²) in [6, 6.07) is 0. The smallest absolute Gasteiger partial charge is 0.00994 e. The Bertz CT molecular complexity index is 114. The molecule has 0 amide bonds. The van der Waals surface area contributed by atoms with Crippen molar-refractivity contribution < 1.29 is 0 Å². The molecule has 9 heavy (non-hydrogen) atoms. The number of rotatable bonds is 3. The summed E-state index contributed by atoms with van der Waals surface area (Å²) in [7, 11) is 0. The van der Waals surface area contributed by atoms with Crippen LogP contribution in [0.3, 0.4) is 0 Å². The van der Waals surface area contributed by atoms with E-state index in [1.165, 1.54) is 12.8 Å². The van der Waals surface area contributed by atoms with E-state index in [0.717, 1.165) is 0 Å². The van der Waals surface area contributed by atoms with Gasteiger partial charge in [0.2, 0.25) is 0 Å². The van der Waals surface area contributed by atoms with Crippen LogP contribution in [0.15, 0.2) is 18.4 Å². The second-order valence-corrected chi connectivity index (χ2v) is 3.09. The second-order valence-electron chi connectivity index (χ2n) is 3.09. The minimum atomic E-state index is 0.302. The van der Waals surface area contributed by atoms with E-state index in [0.29, 0.717) is 5.41 Å². The molecule has 0 saturated heterocycles. The van der Waals surface area contributed by atoms with Crippen LogP contribution < -0.4 is 0 Å². The van der Waals surface area contributed by atoms with Crippen molar-refractivity contribution in [1.29, 1.82) is 0 Å². The van der Waals surface area contributed by atoms with Gasteiger partial charge in [-0.1, -0.05) is 33.8 Å². The normalized spacial score (nSPS) is 10.6. The predicted molar refractivity (Wildman–Crippen MR) is 42.4 cm³/mol. The number of hydrogen-bond acceptors (Lipinski definition) is 0. The van der Waals surface area contributed by atoms with Crippen molar-refractivity contribution in [2.75, 3.05) is 0 Å². The molecule has 0 heterocycles. The first-order chi connectivity index (χ1) is 4.12. The summed E-state index contributed by atoms with van der Waals surface area (Å²) < 4.78 is 0. The molecule has 0 rings (SSSR count). The summed E-state index contributed by atoms with van der Waals surface area (Å²) in [5.74, 6) is 0. The second kappa shape index (κ2) is 3.53. The predicted octanol–water partition coefficient (Wildman–Crippen LogP) is 3.15. The van der Waals surface area contributed by atoms with Gasteiger partial charge in [-0.15, -0.1) is 5.73 Å². The van der Waals surface area contributed by atoms with Crippen LogP contribution in [0.2, 0.25) is 0 Å². The molecule has 0 spiro atoms. The van der Waals surface area contributed by atoms with E-state index in [9.17, 15) is 0 Å². The third kappa shape index (κ3) is 4.05. The lowest BCUT2D eigenvalue weighted by Crippen LogP contribution is -2.04. The largest absolute Gasteiger partial charge is 0.133 e. The molecule has 0 unspecified atom stereocenters. The van der Waals surface area contributed by atoms with E-state index in [-0.39, 0.29) is 0 Å². The van der Waals surface area contributed by atoms with Crippen LogP contribution in [-0.4, -0.2) is 0 Å². The summed E-state index contributed by atoms with van der Waals surface area (Å²) >= 11 is 0. The van der Waals surface area contributed by atoms with Crippen molar-refractivity contribution in [1.82, 2.24) is 0 Å². The monoisotopic (exact) mass is 124 g/mol. The molecule has 0 aliphatic carbocycles. The highest BCUT2D eigenvalue weighted by atomic mass is 14.1. The van der Waals surface area contributed by atoms with Gasteiger partial charge in [-0.05, 0) is 17.9 Å². The Morgan fingerprint density at radius 1 is 1.56 bits per heavy atom. The van der Waals surface area contributed by atoms with Crippen molar-refractivity contribution in [3.8, 4) is 0 Å². The minimum absolute atomic E-state index is 0.302. The van der Waals surface area contributed by atoms with Gasteiger partial charge in [0.05, 0.1) is 0 Å².